The fraction of sp³-hybridized carbons (Fsp3) is 0.235. The molecule has 0 aliphatic heterocycles. The number of aliphatic hydroxyl groups excluding tert-OH is 1. The third-order valence-corrected chi connectivity index (χ3v) is 3.03. The van der Waals surface area contributed by atoms with Crippen molar-refractivity contribution in [3.05, 3.63) is 65.7 Å². The summed E-state index contributed by atoms with van der Waals surface area (Å²) in [6, 6.07) is 12.2. The lowest BCUT2D eigenvalue weighted by atomic mass is 10.2. The number of nitrogens with one attached hydrogen (secondary N) is 1. The summed E-state index contributed by atoms with van der Waals surface area (Å²) in [5.74, 6) is -1.94. The third kappa shape index (κ3) is 5.85. The maximum Gasteiger partial charge on any atom is 0.407 e. The number of halogens is 2. The highest BCUT2D eigenvalue weighted by Crippen LogP contribution is 2.15. The number of alkyl carbamates (subject to hydrolysis) is 1. The van der Waals surface area contributed by atoms with Gasteiger partial charge in [-0.15, -0.1) is 0 Å². The molecule has 0 bridgehead atoms. The van der Waals surface area contributed by atoms with Crippen LogP contribution in [0.25, 0.3) is 0 Å². The van der Waals surface area contributed by atoms with E-state index in [9.17, 15) is 18.7 Å². The smallest absolute Gasteiger partial charge is 0.407 e. The van der Waals surface area contributed by atoms with E-state index in [-0.39, 0.29) is 25.5 Å². The Morgan fingerprint density at radius 1 is 1.12 bits per heavy atom. The van der Waals surface area contributed by atoms with Crippen LogP contribution < -0.4 is 10.1 Å². The first-order valence-electron chi connectivity index (χ1n) is 7.25. The molecule has 1 amide bonds. The van der Waals surface area contributed by atoms with Crippen LogP contribution in [0.5, 0.6) is 5.75 Å². The first kappa shape index (κ1) is 17.7. The van der Waals surface area contributed by atoms with E-state index in [1.54, 1.807) is 0 Å². The number of carbonyl (C=O) groups excluding carboxylic acids is 1. The third-order valence-electron chi connectivity index (χ3n) is 3.03. The Hall–Kier alpha value is -2.67. The van der Waals surface area contributed by atoms with Crippen LogP contribution in [0, 0.1) is 11.6 Å². The van der Waals surface area contributed by atoms with Crippen LogP contribution >= 0.6 is 0 Å². The molecule has 0 aliphatic carbocycles. The number of carbonyl (C=O) groups is 1. The Balaban J connectivity index is 1.66. The van der Waals surface area contributed by atoms with E-state index in [0.717, 1.165) is 17.7 Å². The standard InChI is InChI=1S/C17H17F2NO4/c18-15-7-6-14(8-16(15)19)23-11-13(21)9-20-17(22)24-10-12-4-2-1-3-5-12/h1-8,13,21H,9-11H2,(H,20,22). The number of aliphatic hydroxyl groups is 1. The van der Waals surface area contributed by atoms with Crippen LogP contribution in [0.15, 0.2) is 48.5 Å². The van der Waals surface area contributed by atoms with E-state index >= 15 is 0 Å². The molecule has 0 spiro atoms. The zero-order valence-corrected chi connectivity index (χ0v) is 12.7. The lowest BCUT2D eigenvalue weighted by molar-refractivity contribution is 0.0963. The van der Waals surface area contributed by atoms with E-state index in [0.29, 0.717) is 0 Å². The lowest BCUT2D eigenvalue weighted by Crippen LogP contribution is -2.35. The summed E-state index contributed by atoms with van der Waals surface area (Å²) < 4.78 is 35.8. The van der Waals surface area contributed by atoms with Crippen molar-refractivity contribution in [3.63, 3.8) is 0 Å². The molecule has 1 atom stereocenters. The predicted molar refractivity (Wildman–Crippen MR) is 82.5 cm³/mol. The summed E-state index contributed by atoms with van der Waals surface area (Å²) in [4.78, 5) is 11.5. The molecule has 2 aromatic rings. The Kier molecular flexibility index (Phi) is 6.51. The molecule has 0 saturated heterocycles. The Labute approximate surface area is 137 Å². The van der Waals surface area contributed by atoms with Gasteiger partial charge in [-0.1, -0.05) is 30.3 Å². The van der Waals surface area contributed by atoms with Gasteiger partial charge in [-0.2, -0.15) is 0 Å². The topological polar surface area (TPSA) is 67.8 Å². The lowest BCUT2D eigenvalue weighted by Gasteiger charge is -2.13. The van der Waals surface area contributed by atoms with Crippen molar-refractivity contribution in [2.45, 2.75) is 12.7 Å². The van der Waals surface area contributed by atoms with Crippen LogP contribution in [0.2, 0.25) is 0 Å². The summed E-state index contributed by atoms with van der Waals surface area (Å²) >= 11 is 0. The summed E-state index contributed by atoms with van der Waals surface area (Å²) in [5.41, 5.74) is 0.842. The Bertz CT molecular complexity index is 667. The molecule has 2 rings (SSSR count). The summed E-state index contributed by atoms with van der Waals surface area (Å²) in [7, 11) is 0. The number of ether oxygens (including phenoxy) is 2. The van der Waals surface area contributed by atoms with Gasteiger partial charge < -0.3 is 19.9 Å². The zero-order valence-electron chi connectivity index (χ0n) is 12.7. The first-order valence-corrected chi connectivity index (χ1v) is 7.25. The van der Waals surface area contributed by atoms with Crippen molar-refractivity contribution in [1.29, 1.82) is 0 Å². The summed E-state index contributed by atoms with van der Waals surface area (Å²) in [6.45, 7) is -0.171. The van der Waals surface area contributed by atoms with Crippen molar-refractivity contribution >= 4 is 6.09 Å². The predicted octanol–water partition coefficient (Wildman–Crippen LogP) is 2.63. The van der Waals surface area contributed by atoms with Gasteiger partial charge in [-0.05, 0) is 17.7 Å². The Morgan fingerprint density at radius 3 is 2.58 bits per heavy atom. The van der Waals surface area contributed by atoms with Gasteiger partial charge in [0, 0.05) is 6.07 Å². The van der Waals surface area contributed by atoms with Crippen LogP contribution in [-0.2, 0) is 11.3 Å². The highest BCUT2D eigenvalue weighted by Gasteiger charge is 2.10. The molecule has 2 N–H and O–H groups in total. The quantitative estimate of drug-likeness (QED) is 0.815. The number of amides is 1. The highest BCUT2D eigenvalue weighted by molar-refractivity contribution is 5.67. The van der Waals surface area contributed by atoms with Crippen molar-refractivity contribution in [2.24, 2.45) is 0 Å². The van der Waals surface area contributed by atoms with Crippen LogP contribution in [0.1, 0.15) is 5.56 Å². The van der Waals surface area contributed by atoms with Gasteiger partial charge in [0.15, 0.2) is 11.6 Å². The molecule has 128 valence electrons. The van der Waals surface area contributed by atoms with E-state index < -0.39 is 23.8 Å². The molecule has 0 saturated carbocycles. The normalized spacial score (nSPS) is 11.6. The minimum Gasteiger partial charge on any atom is -0.491 e. The molecule has 0 aromatic heterocycles. The minimum absolute atomic E-state index is 0.0830. The van der Waals surface area contributed by atoms with Gasteiger partial charge in [-0.3, -0.25) is 0 Å². The van der Waals surface area contributed by atoms with E-state index in [1.165, 1.54) is 6.07 Å². The van der Waals surface area contributed by atoms with Crippen LogP contribution in [0.3, 0.4) is 0 Å². The van der Waals surface area contributed by atoms with Gasteiger partial charge in [0.05, 0.1) is 6.54 Å². The van der Waals surface area contributed by atoms with Crippen LogP contribution in [0.4, 0.5) is 13.6 Å². The van der Waals surface area contributed by atoms with E-state index in [2.05, 4.69) is 5.32 Å². The number of benzene rings is 2. The maximum atomic E-state index is 13.0. The molecule has 7 heteroatoms. The van der Waals surface area contributed by atoms with Gasteiger partial charge in [-0.25, -0.2) is 13.6 Å². The number of hydrogen-bond donors (Lipinski definition) is 2. The second kappa shape index (κ2) is 8.83. The van der Waals surface area contributed by atoms with Crippen molar-refractivity contribution < 1.29 is 28.2 Å². The van der Waals surface area contributed by atoms with Crippen molar-refractivity contribution in [3.8, 4) is 5.75 Å². The molecular formula is C17H17F2NO4. The van der Waals surface area contributed by atoms with Crippen molar-refractivity contribution in [1.82, 2.24) is 5.32 Å². The molecule has 0 aliphatic rings. The average Bonchev–Trinajstić information content (AvgIpc) is 2.60. The van der Waals surface area contributed by atoms with Gasteiger partial charge in [0.2, 0.25) is 0 Å². The van der Waals surface area contributed by atoms with E-state index in [4.69, 9.17) is 9.47 Å². The molecule has 1 unspecified atom stereocenters. The fourth-order valence-corrected chi connectivity index (χ4v) is 1.79. The monoisotopic (exact) mass is 337 g/mol. The molecule has 2 aromatic carbocycles. The minimum atomic E-state index is -1.04. The molecular weight excluding hydrogens is 320 g/mol. The SMILES string of the molecule is O=C(NCC(O)COc1ccc(F)c(F)c1)OCc1ccccc1. The number of hydrogen-bond acceptors (Lipinski definition) is 4. The van der Waals surface area contributed by atoms with Gasteiger partial charge in [0.1, 0.15) is 25.1 Å². The summed E-state index contributed by atoms with van der Waals surface area (Å²) in [6.07, 6.45) is -1.70. The summed E-state index contributed by atoms with van der Waals surface area (Å²) in [5, 5.41) is 12.1. The molecule has 5 nitrogen and oxygen atoms in total. The zero-order chi connectivity index (χ0) is 17.4. The Morgan fingerprint density at radius 2 is 1.88 bits per heavy atom. The van der Waals surface area contributed by atoms with Gasteiger partial charge >= 0.3 is 6.09 Å². The molecule has 0 fully saturated rings. The fourth-order valence-electron chi connectivity index (χ4n) is 1.79. The maximum absolute atomic E-state index is 13.0. The van der Waals surface area contributed by atoms with Crippen LogP contribution in [-0.4, -0.2) is 30.5 Å². The molecule has 0 heterocycles. The number of rotatable bonds is 7. The highest BCUT2D eigenvalue weighted by atomic mass is 19.2. The first-order chi connectivity index (χ1) is 11.5. The second-order valence-corrected chi connectivity index (χ2v) is 4.98. The average molecular weight is 337 g/mol. The second-order valence-electron chi connectivity index (χ2n) is 4.98. The van der Waals surface area contributed by atoms with Gasteiger partial charge in [0.25, 0.3) is 0 Å². The van der Waals surface area contributed by atoms with Crippen molar-refractivity contribution in [2.75, 3.05) is 13.2 Å². The molecule has 24 heavy (non-hydrogen) atoms. The van der Waals surface area contributed by atoms with E-state index in [1.807, 2.05) is 30.3 Å². The largest absolute Gasteiger partial charge is 0.491 e. The molecule has 0 radical (unpaired) electrons.